The number of para-hydroxylation sites is 1. The highest BCUT2D eigenvalue weighted by Crippen LogP contribution is 2.22. The topological polar surface area (TPSA) is 29.5 Å². The van der Waals surface area contributed by atoms with E-state index < -0.39 is 6.10 Å². The fraction of sp³-hybridized carbons (Fsp3) is 0.294. The summed E-state index contributed by atoms with van der Waals surface area (Å²) in [7, 11) is 0. The van der Waals surface area contributed by atoms with Crippen molar-refractivity contribution in [2.24, 2.45) is 0 Å². The highest BCUT2D eigenvalue weighted by Gasteiger charge is 2.17. The zero-order valence-electron chi connectivity index (χ0n) is 11.4. The SMILES string of the molecule is CCc1ccc(C(O)C(C)Oc2ccccc2)cc1. The summed E-state index contributed by atoms with van der Waals surface area (Å²) < 4.78 is 5.74. The largest absolute Gasteiger partial charge is 0.488 e. The fourth-order valence-corrected chi connectivity index (χ4v) is 2.00. The van der Waals surface area contributed by atoms with Gasteiger partial charge in [-0.25, -0.2) is 0 Å². The molecule has 1 N–H and O–H groups in total. The molecule has 0 radical (unpaired) electrons. The van der Waals surface area contributed by atoms with Gasteiger partial charge in [-0.15, -0.1) is 0 Å². The molecule has 2 atom stereocenters. The van der Waals surface area contributed by atoms with Crippen LogP contribution in [0.2, 0.25) is 0 Å². The van der Waals surface area contributed by atoms with E-state index >= 15 is 0 Å². The fourth-order valence-electron chi connectivity index (χ4n) is 2.00. The molecule has 0 amide bonds. The number of hydrogen-bond donors (Lipinski definition) is 1. The van der Waals surface area contributed by atoms with E-state index in [1.54, 1.807) is 0 Å². The summed E-state index contributed by atoms with van der Waals surface area (Å²) in [4.78, 5) is 0. The molecular formula is C17H20O2. The lowest BCUT2D eigenvalue weighted by atomic mass is 10.0. The summed E-state index contributed by atoms with van der Waals surface area (Å²) in [6.45, 7) is 4.00. The first-order valence-corrected chi connectivity index (χ1v) is 6.69. The van der Waals surface area contributed by atoms with Crippen LogP contribution in [-0.2, 0) is 6.42 Å². The molecule has 19 heavy (non-hydrogen) atoms. The van der Waals surface area contributed by atoms with E-state index in [1.165, 1.54) is 5.56 Å². The Morgan fingerprint density at radius 3 is 2.21 bits per heavy atom. The minimum absolute atomic E-state index is 0.283. The first kappa shape index (κ1) is 13.6. The van der Waals surface area contributed by atoms with Gasteiger partial charge >= 0.3 is 0 Å². The molecule has 100 valence electrons. The molecule has 2 rings (SSSR count). The highest BCUT2D eigenvalue weighted by molar-refractivity contribution is 5.26. The Hall–Kier alpha value is -1.80. The van der Waals surface area contributed by atoms with Crippen molar-refractivity contribution in [3.63, 3.8) is 0 Å². The molecule has 2 heteroatoms. The molecule has 0 saturated heterocycles. The molecular weight excluding hydrogens is 236 g/mol. The Kier molecular flexibility index (Phi) is 4.58. The van der Waals surface area contributed by atoms with Crippen LogP contribution in [0.1, 0.15) is 31.1 Å². The van der Waals surface area contributed by atoms with E-state index in [-0.39, 0.29) is 6.10 Å². The van der Waals surface area contributed by atoms with Crippen LogP contribution in [0.3, 0.4) is 0 Å². The third-order valence-electron chi connectivity index (χ3n) is 3.24. The maximum Gasteiger partial charge on any atom is 0.126 e. The van der Waals surface area contributed by atoms with Crippen molar-refractivity contribution in [1.29, 1.82) is 0 Å². The van der Waals surface area contributed by atoms with Crippen molar-refractivity contribution in [3.8, 4) is 5.75 Å². The second kappa shape index (κ2) is 6.39. The van der Waals surface area contributed by atoms with Gasteiger partial charge < -0.3 is 9.84 Å². The second-order valence-electron chi connectivity index (χ2n) is 4.68. The zero-order chi connectivity index (χ0) is 13.7. The van der Waals surface area contributed by atoms with Crippen LogP contribution in [0.5, 0.6) is 5.75 Å². The van der Waals surface area contributed by atoms with Crippen molar-refractivity contribution >= 4 is 0 Å². The zero-order valence-corrected chi connectivity index (χ0v) is 11.4. The number of benzene rings is 2. The number of aryl methyl sites for hydroxylation is 1. The molecule has 0 spiro atoms. The van der Waals surface area contributed by atoms with Gasteiger partial charge in [0.05, 0.1) is 0 Å². The van der Waals surface area contributed by atoms with Gasteiger partial charge in [0.25, 0.3) is 0 Å². The average Bonchev–Trinajstić information content (AvgIpc) is 2.47. The van der Waals surface area contributed by atoms with Crippen molar-refractivity contribution in [2.45, 2.75) is 32.5 Å². The third kappa shape index (κ3) is 3.58. The molecule has 0 bridgehead atoms. The first-order chi connectivity index (χ1) is 9.20. The van der Waals surface area contributed by atoms with Crippen molar-refractivity contribution in [3.05, 3.63) is 65.7 Å². The van der Waals surface area contributed by atoms with Crippen molar-refractivity contribution in [1.82, 2.24) is 0 Å². The highest BCUT2D eigenvalue weighted by atomic mass is 16.5. The smallest absolute Gasteiger partial charge is 0.126 e. The van der Waals surface area contributed by atoms with Gasteiger partial charge in [0, 0.05) is 0 Å². The van der Waals surface area contributed by atoms with Crippen LogP contribution in [0.15, 0.2) is 54.6 Å². The van der Waals surface area contributed by atoms with E-state index in [9.17, 15) is 5.11 Å². The van der Waals surface area contributed by atoms with E-state index in [0.717, 1.165) is 17.7 Å². The Balaban J connectivity index is 2.03. The predicted molar refractivity (Wildman–Crippen MR) is 77.3 cm³/mol. The predicted octanol–water partition coefficient (Wildman–Crippen LogP) is 3.75. The second-order valence-corrected chi connectivity index (χ2v) is 4.68. The van der Waals surface area contributed by atoms with Gasteiger partial charge in [-0.3, -0.25) is 0 Å². The Morgan fingerprint density at radius 1 is 1.00 bits per heavy atom. The molecule has 2 unspecified atom stereocenters. The van der Waals surface area contributed by atoms with E-state index in [0.29, 0.717) is 0 Å². The maximum atomic E-state index is 10.3. The summed E-state index contributed by atoms with van der Waals surface area (Å²) in [5.74, 6) is 0.777. The molecule has 0 saturated carbocycles. The van der Waals surface area contributed by atoms with Crippen molar-refractivity contribution < 1.29 is 9.84 Å². The Bertz CT molecular complexity index is 490. The van der Waals surface area contributed by atoms with Gasteiger partial charge in [-0.1, -0.05) is 49.4 Å². The molecule has 0 heterocycles. The van der Waals surface area contributed by atoms with Crippen LogP contribution in [0.25, 0.3) is 0 Å². The number of hydrogen-bond acceptors (Lipinski definition) is 2. The summed E-state index contributed by atoms with van der Waals surface area (Å²) in [5.41, 5.74) is 2.16. The molecule has 0 aliphatic heterocycles. The molecule has 0 aliphatic carbocycles. The quantitative estimate of drug-likeness (QED) is 0.882. The van der Waals surface area contributed by atoms with Gasteiger partial charge in [0.15, 0.2) is 0 Å². The molecule has 0 aromatic heterocycles. The lowest BCUT2D eigenvalue weighted by Crippen LogP contribution is -2.21. The first-order valence-electron chi connectivity index (χ1n) is 6.69. The minimum atomic E-state index is -0.619. The van der Waals surface area contributed by atoms with Crippen LogP contribution in [0, 0.1) is 0 Å². The number of rotatable bonds is 5. The number of aliphatic hydroxyl groups is 1. The summed E-state index contributed by atoms with van der Waals surface area (Å²) >= 11 is 0. The van der Waals surface area contributed by atoms with E-state index in [2.05, 4.69) is 6.92 Å². The van der Waals surface area contributed by atoms with Gasteiger partial charge in [-0.2, -0.15) is 0 Å². The van der Waals surface area contributed by atoms with E-state index in [4.69, 9.17) is 4.74 Å². The molecule has 2 nitrogen and oxygen atoms in total. The van der Waals surface area contributed by atoms with Gasteiger partial charge in [-0.05, 0) is 36.6 Å². The Morgan fingerprint density at radius 2 is 1.63 bits per heavy atom. The molecule has 2 aromatic carbocycles. The van der Waals surface area contributed by atoms with Crippen LogP contribution >= 0.6 is 0 Å². The Labute approximate surface area is 114 Å². The third-order valence-corrected chi connectivity index (χ3v) is 3.24. The van der Waals surface area contributed by atoms with Crippen LogP contribution in [-0.4, -0.2) is 11.2 Å². The number of aliphatic hydroxyl groups excluding tert-OH is 1. The average molecular weight is 256 g/mol. The normalized spacial score (nSPS) is 13.8. The molecule has 0 fully saturated rings. The van der Waals surface area contributed by atoms with E-state index in [1.807, 2.05) is 61.5 Å². The van der Waals surface area contributed by atoms with Crippen molar-refractivity contribution in [2.75, 3.05) is 0 Å². The molecule has 0 aliphatic rings. The minimum Gasteiger partial charge on any atom is -0.488 e. The molecule has 2 aromatic rings. The standard InChI is InChI=1S/C17H20O2/c1-3-14-9-11-15(12-10-14)17(18)13(2)19-16-7-5-4-6-8-16/h4-13,17-18H,3H2,1-2H3. The maximum absolute atomic E-state index is 10.3. The monoisotopic (exact) mass is 256 g/mol. The summed E-state index contributed by atoms with van der Waals surface area (Å²) in [6, 6.07) is 17.6. The van der Waals surface area contributed by atoms with Crippen LogP contribution in [0.4, 0.5) is 0 Å². The van der Waals surface area contributed by atoms with Gasteiger partial charge in [0.2, 0.25) is 0 Å². The lowest BCUT2D eigenvalue weighted by molar-refractivity contribution is 0.0467. The van der Waals surface area contributed by atoms with Gasteiger partial charge in [0.1, 0.15) is 18.0 Å². The number of ether oxygens (including phenoxy) is 1. The van der Waals surface area contributed by atoms with Crippen LogP contribution < -0.4 is 4.74 Å². The lowest BCUT2D eigenvalue weighted by Gasteiger charge is -2.21. The summed E-state index contributed by atoms with van der Waals surface area (Å²) in [5, 5.41) is 10.3. The summed E-state index contributed by atoms with van der Waals surface area (Å²) in [6.07, 6.45) is 0.105.